The molecule has 0 spiro atoms. The Hall–Kier alpha value is 0.480. The number of hydrogen-bond donors (Lipinski definition) is 3. The maximum absolute atomic E-state index is 11.1. The van der Waals surface area contributed by atoms with E-state index in [1.54, 1.807) is 0 Å². The van der Waals surface area contributed by atoms with Crippen LogP contribution in [0.1, 0.15) is 16.2 Å². The summed E-state index contributed by atoms with van der Waals surface area (Å²) in [6, 6.07) is -1.19. The molecule has 102 valence electrons. The zero-order valence-corrected chi connectivity index (χ0v) is 15.5. The first kappa shape index (κ1) is 24.5. The van der Waals surface area contributed by atoms with Gasteiger partial charge in [-0.15, -0.1) is 0 Å². The fourth-order valence-electron chi connectivity index (χ4n) is 0.727. The van der Waals surface area contributed by atoms with E-state index in [-0.39, 0.29) is 62.0 Å². The first-order valence-electron chi connectivity index (χ1n) is 4.25. The van der Waals surface area contributed by atoms with Gasteiger partial charge in [0.2, 0.25) is 0 Å². The summed E-state index contributed by atoms with van der Waals surface area (Å²) in [7, 11) is -4.98. The van der Waals surface area contributed by atoms with Gasteiger partial charge in [0.15, 0.2) is 5.25 Å². The molecule has 0 fully saturated rings. The minimum Gasteiger partial charge on any atom is -1.00 e. The first-order valence-corrected chi connectivity index (χ1v) is 5.75. The average Bonchev–Trinajstić information content (AvgIpc) is 2.11. The minimum absolute atomic E-state index is 0. The van der Waals surface area contributed by atoms with Crippen LogP contribution in [0.3, 0.4) is 0 Å². The molecule has 0 bridgehead atoms. The Morgan fingerprint density at radius 2 is 1.68 bits per heavy atom. The van der Waals surface area contributed by atoms with Gasteiger partial charge in [0, 0.05) is 0 Å². The monoisotopic (exact) mass is 317 g/mol. The van der Waals surface area contributed by atoms with Crippen molar-refractivity contribution in [2.24, 2.45) is 5.73 Å². The number of ether oxygens (including phenoxy) is 1. The Morgan fingerprint density at radius 1 is 1.26 bits per heavy atom. The number of carbonyl (C=O) groups excluding carboxylic acids is 2. The summed E-state index contributed by atoms with van der Waals surface area (Å²) in [5.41, 5.74) is 5.04. The van der Waals surface area contributed by atoms with Crippen LogP contribution < -0.4 is 64.8 Å². The average molecular weight is 317 g/mol. The molecule has 12 heteroatoms. The van der Waals surface area contributed by atoms with Gasteiger partial charge in [-0.1, -0.05) is 0 Å². The number of rotatable bonds is 5. The Kier molecular flexibility index (Phi) is 13.2. The molecule has 2 atom stereocenters. The van der Waals surface area contributed by atoms with Crippen molar-refractivity contribution in [1.82, 2.24) is 0 Å². The molecule has 0 aliphatic heterocycles. The van der Waals surface area contributed by atoms with Gasteiger partial charge in [-0.05, 0) is 6.92 Å². The van der Waals surface area contributed by atoms with Crippen LogP contribution in [0.4, 0.5) is 0 Å². The maximum atomic E-state index is 11.1. The number of carboxylic acids is 1. The third-order valence-corrected chi connectivity index (χ3v) is 2.63. The van der Waals surface area contributed by atoms with E-state index in [1.807, 2.05) is 0 Å². The second-order valence-electron chi connectivity index (χ2n) is 3.13. The molecule has 0 aliphatic carbocycles. The zero-order chi connectivity index (χ0) is 13.8. The number of nitrogens with two attached hydrogens (primary N) is 1. The maximum Gasteiger partial charge on any atom is 1.00 e. The predicted octanol–water partition coefficient (Wildman–Crippen LogP) is -7.63. The molecule has 0 saturated heterocycles. The molecule has 0 saturated carbocycles. The van der Waals surface area contributed by atoms with E-state index in [0.717, 1.165) is 0 Å². The van der Waals surface area contributed by atoms with E-state index < -0.39 is 45.7 Å². The topological polar surface area (TPSA) is 161 Å². The number of carboxylic acid groups (broad SMARTS) is 1. The van der Waals surface area contributed by atoms with E-state index in [2.05, 4.69) is 4.74 Å². The molecule has 0 heterocycles. The van der Waals surface area contributed by atoms with Crippen molar-refractivity contribution in [2.75, 3.05) is 0 Å². The molecule has 0 aromatic rings. The first-order chi connectivity index (χ1) is 7.55. The van der Waals surface area contributed by atoms with Gasteiger partial charge in [0.25, 0.3) is 10.1 Å². The summed E-state index contributed by atoms with van der Waals surface area (Å²) in [5.74, 6) is -4.57. The number of carbonyl (C=O) groups is 3. The van der Waals surface area contributed by atoms with Crippen LogP contribution in [0, 0.1) is 0 Å². The van der Waals surface area contributed by atoms with Crippen LogP contribution in [0.15, 0.2) is 0 Å². The second kappa shape index (κ2) is 10.2. The third kappa shape index (κ3) is 9.93. The van der Waals surface area contributed by atoms with Gasteiger partial charge in [-0.25, -0.2) is 4.79 Å². The van der Waals surface area contributed by atoms with Crippen LogP contribution in [-0.4, -0.2) is 47.3 Å². The standard InChI is InChI=1S/C7H11NO8S.2Na.2H/c1-3(8)6(11)16-7(12)4(2-5(9)10)17(13,14)15;;;;/h3-4H,2,8H2,1H3,(H,9,10)(H,13,14,15);;;;/q;2*+1;2*-1. The predicted molar refractivity (Wildman–Crippen MR) is 54.6 cm³/mol. The van der Waals surface area contributed by atoms with Crippen molar-refractivity contribution in [2.45, 2.75) is 24.6 Å². The van der Waals surface area contributed by atoms with Crippen LogP contribution in [-0.2, 0) is 29.2 Å². The van der Waals surface area contributed by atoms with E-state index in [4.69, 9.17) is 15.4 Å². The van der Waals surface area contributed by atoms with Crippen LogP contribution in [0.25, 0.3) is 0 Å². The molecule has 0 rings (SSSR count). The molecule has 9 nitrogen and oxygen atoms in total. The summed E-state index contributed by atoms with van der Waals surface area (Å²) < 4.78 is 34.0. The fraction of sp³-hybridized carbons (Fsp3) is 0.571. The summed E-state index contributed by atoms with van der Waals surface area (Å²) in [5, 5.41) is 5.99. The number of hydrogen-bond acceptors (Lipinski definition) is 7. The largest absolute Gasteiger partial charge is 1.00 e. The van der Waals surface area contributed by atoms with Gasteiger partial charge >= 0.3 is 77.0 Å². The van der Waals surface area contributed by atoms with Crippen LogP contribution in [0.2, 0.25) is 0 Å². The Bertz CT molecular complexity index is 444. The molecular formula is C7H13NNa2O8S. The molecule has 19 heavy (non-hydrogen) atoms. The van der Waals surface area contributed by atoms with Gasteiger partial charge in [-0.3, -0.25) is 14.1 Å². The van der Waals surface area contributed by atoms with Gasteiger partial charge < -0.3 is 18.4 Å². The summed E-state index contributed by atoms with van der Waals surface area (Å²) in [6.45, 7) is 1.18. The normalized spacial score (nSPS) is 13.2. The fourth-order valence-corrected chi connectivity index (χ4v) is 1.37. The smallest absolute Gasteiger partial charge is 1.00 e. The molecule has 0 radical (unpaired) electrons. The molecule has 2 unspecified atom stereocenters. The zero-order valence-electron chi connectivity index (χ0n) is 12.7. The Balaban J connectivity index is -0.000000213. The van der Waals surface area contributed by atoms with Crippen molar-refractivity contribution < 1.29 is 99.2 Å². The molecule has 0 amide bonds. The Morgan fingerprint density at radius 3 is 1.95 bits per heavy atom. The van der Waals surface area contributed by atoms with Crippen molar-refractivity contribution in [3.63, 3.8) is 0 Å². The molecule has 4 N–H and O–H groups in total. The number of esters is 2. The van der Waals surface area contributed by atoms with Crippen molar-refractivity contribution in [3.8, 4) is 0 Å². The van der Waals surface area contributed by atoms with Crippen molar-refractivity contribution in [1.29, 1.82) is 0 Å². The quantitative estimate of drug-likeness (QED) is 0.193. The minimum atomic E-state index is -4.98. The van der Waals surface area contributed by atoms with E-state index >= 15 is 0 Å². The van der Waals surface area contributed by atoms with Gasteiger partial charge in [0.05, 0.1) is 6.42 Å². The molecular weight excluding hydrogens is 304 g/mol. The summed E-state index contributed by atoms with van der Waals surface area (Å²) in [6.07, 6.45) is -1.22. The molecule has 0 aromatic heterocycles. The molecule has 0 aromatic carbocycles. The van der Waals surface area contributed by atoms with Crippen LogP contribution >= 0.6 is 0 Å². The van der Waals surface area contributed by atoms with Crippen molar-refractivity contribution >= 4 is 28.0 Å². The van der Waals surface area contributed by atoms with Crippen molar-refractivity contribution in [3.05, 3.63) is 0 Å². The van der Waals surface area contributed by atoms with E-state index in [0.29, 0.717) is 0 Å². The summed E-state index contributed by atoms with van der Waals surface area (Å²) >= 11 is 0. The SMILES string of the molecule is CC(N)C(=O)OC(=O)C(CC(=O)O)S(=O)(=O)O.[H-].[H-].[Na+].[Na+]. The summed E-state index contributed by atoms with van der Waals surface area (Å²) in [4.78, 5) is 32.3. The molecule has 0 aliphatic rings. The Labute approximate surface area is 156 Å². The van der Waals surface area contributed by atoms with E-state index in [1.165, 1.54) is 6.92 Å². The number of aliphatic carboxylic acids is 1. The third-order valence-electron chi connectivity index (χ3n) is 1.56. The van der Waals surface area contributed by atoms with Gasteiger partial charge in [-0.2, -0.15) is 8.42 Å². The van der Waals surface area contributed by atoms with Gasteiger partial charge in [0.1, 0.15) is 6.04 Å². The van der Waals surface area contributed by atoms with Crippen LogP contribution in [0.5, 0.6) is 0 Å². The van der Waals surface area contributed by atoms with E-state index in [9.17, 15) is 22.8 Å². The second-order valence-corrected chi connectivity index (χ2v) is 4.73.